The topological polar surface area (TPSA) is 106 Å². The molecule has 2 heterocycles. The van der Waals surface area contributed by atoms with E-state index in [1.807, 2.05) is 13.1 Å². The van der Waals surface area contributed by atoms with Crippen LogP contribution in [0, 0.1) is 10.1 Å². The van der Waals surface area contributed by atoms with Gasteiger partial charge in [0.05, 0.1) is 11.0 Å². The first-order chi connectivity index (χ1) is 10.0. The lowest BCUT2D eigenvalue weighted by molar-refractivity contribution is -0.384. The molecule has 0 bridgehead atoms. The summed E-state index contributed by atoms with van der Waals surface area (Å²) in [7, 11) is 1.66. The van der Waals surface area contributed by atoms with Crippen LogP contribution in [0.25, 0.3) is 0 Å². The summed E-state index contributed by atoms with van der Waals surface area (Å²) in [6, 6.07) is -0.173. The van der Waals surface area contributed by atoms with Crippen molar-refractivity contribution in [1.82, 2.24) is 15.0 Å². The van der Waals surface area contributed by atoms with Gasteiger partial charge < -0.3 is 10.6 Å². The number of anilines is 2. The minimum Gasteiger partial charge on any atom is -0.357 e. The first kappa shape index (κ1) is 15.1. The molecule has 2 rings (SSSR count). The molecular formula is C12H16N6O2S. The average molecular weight is 308 g/mol. The Morgan fingerprint density at radius 1 is 1.43 bits per heavy atom. The van der Waals surface area contributed by atoms with Gasteiger partial charge >= 0.3 is 5.69 Å². The molecule has 0 saturated heterocycles. The summed E-state index contributed by atoms with van der Waals surface area (Å²) in [5, 5.41) is 17.7. The van der Waals surface area contributed by atoms with Crippen molar-refractivity contribution in [3.8, 4) is 0 Å². The molecule has 0 spiro atoms. The summed E-state index contributed by atoms with van der Waals surface area (Å²) in [4.78, 5) is 24.0. The van der Waals surface area contributed by atoms with Crippen molar-refractivity contribution in [3.63, 3.8) is 0 Å². The van der Waals surface area contributed by atoms with Gasteiger partial charge in [-0.3, -0.25) is 10.1 Å². The number of aryl methyl sites for hydroxylation is 1. The summed E-state index contributed by atoms with van der Waals surface area (Å²) < 4.78 is 0. The Labute approximate surface area is 125 Å². The molecule has 1 atom stereocenters. The molecule has 0 radical (unpaired) electrons. The molecule has 2 aromatic heterocycles. The highest BCUT2D eigenvalue weighted by Crippen LogP contribution is 2.28. The van der Waals surface area contributed by atoms with E-state index in [1.165, 1.54) is 11.1 Å². The second kappa shape index (κ2) is 6.44. The molecule has 0 saturated carbocycles. The molecule has 0 aliphatic rings. The zero-order valence-corrected chi connectivity index (χ0v) is 12.8. The third-order valence-electron chi connectivity index (χ3n) is 2.83. The van der Waals surface area contributed by atoms with Crippen LogP contribution >= 0.6 is 11.3 Å². The molecule has 8 nitrogen and oxygen atoms in total. The zero-order chi connectivity index (χ0) is 15.4. The van der Waals surface area contributed by atoms with E-state index in [1.54, 1.807) is 18.4 Å². The summed E-state index contributed by atoms with van der Waals surface area (Å²) in [5.74, 6) is 0.504. The van der Waals surface area contributed by atoms with Crippen molar-refractivity contribution in [2.45, 2.75) is 26.3 Å². The highest BCUT2D eigenvalue weighted by molar-refractivity contribution is 7.11. The van der Waals surface area contributed by atoms with Gasteiger partial charge in [0, 0.05) is 18.1 Å². The maximum Gasteiger partial charge on any atom is 0.329 e. The average Bonchev–Trinajstić information content (AvgIpc) is 2.95. The highest BCUT2D eigenvalue weighted by Gasteiger charge is 2.20. The van der Waals surface area contributed by atoms with E-state index < -0.39 is 4.92 Å². The lowest BCUT2D eigenvalue weighted by Gasteiger charge is -2.12. The predicted octanol–water partition coefficient (Wildman–Crippen LogP) is 2.62. The summed E-state index contributed by atoms with van der Waals surface area (Å²) in [6.45, 7) is 3.95. The van der Waals surface area contributed by atoms with Gasteiger partial charge in [-0.15, -0.1) is 11.3 Å². The minimum absolute atomic E-state index is 0.159. The molecular weight excluding hydrogens is 292 g/mol. The Kier molecular flexibility index (Phi) is 4.63. The third-order valence-corrected chi connectivity index (χ3v) is 4.16. The fourth-order valence-corrected chi connectivity index (χ4v) is 2.55. The molecule has 0 aliphatic carbocycles. The summed E-state index contributed by atoms with van der Waals surface area (Å²) >= 11 is 1.58. The van der Waals surface area contributed by atoms with E-state index in [0.29, 0.717) is 5.95 Å². The smallest absolute Gasteiger partial charge is 0.329 e. The Morgan fingerprint density at radius 2 is 2.19 bits per heavy atom. The molecule has 21 heavy (non-hydrogen) atoms. The van der Waals surface area contributed by atoms with Gasteiger partial charge in [-0.1, -0.05) is 6.92 Å². The Morgan fingerprint density at radius 3 is 2.76 bits per heavy atom. The normalized spacial score (nSPS) is 12.0. The maximum absolute atomic E-state index is 11.0. The number of nitrogens with one attached hydrogen (secondary N) is 2. The van der Waals surface area contributed by atoms with E-state index in [2.05, 4.69) is 32.5 Å². The number of thiazole rings is 1. The summed E-state index contributed by atoms with van der Waals surface area (Å²) in [6.07, 6.45) is 3.93. The molecule has 1 unspecified atom stereocenters. The van der Waals surface area contributed by atoms with Crippen molar-refractivity contribution in [1.29, 1.82) is 0 Å². The molecule has 2 aromatic rings. The highest BCUT2D eigenvalue weighted by atomic mass is 32.1. The van der Waals surface area contributed by atoms with Crippen molar-refractivity contribution in [3.05, 3.63) is 32.4 Å². The lowest BCUT2D eigenvalue weighted by atomic mass is 10.3. The van der Waals surface area contributed by atoms with E-state index in [9.17, 15) is 10.1 Å². The number of nitrogens with zero attached hydrogens (tertiary/aromatic N) is 4. The predicted molar refractivity (Wildman–Crippen MR) is 81.8 cm³/mol. The summed E-state index contributed by atoms with van der Waals surface area (Å²) in [5.41, 5.74) is -0.159. The van der Waals surface area contributed by atoms with Gasteiger partial charge in [0.1, 0.15) is 11.2 Å². The Bertz CT molecular complexity index is 644. The van der Waals surface area contributed by atoms with Crippen LogP contribution in [-0.2, 0) is 6.42 Å². The molecule has 0 aromatic carbocycles. The molecule has 9 heteroatoms. The fraction of sp³-hybridized carbons (Fsp3) is 0.417. The van der Waals surface area contributed by atoms with Gasteiger partial charge in [0.2, 0.25) is 11.8 Å². The minimum atomic E-state index is -0.506. The van der Waals surface area contributed by atoms with Crippen LogP contribution in [-0.4, -0.2) is 26.9 Å². The standard InChI is InChI=1S/C12H16N6O2S/c1-4-8-5-14-11(21-8)7(2)16-10-9(18(19)20)6-15-12(13-3)17-10/h5-7H,4H2,1-3H3,(H2,13,15,16,17). The molecule has 0 amide bonds. The van der Waals surface area contributed by atoms with E-state index >= 15 is 0 Å². The third kappa shape index (κ3) is 3.43. The first-order valence-electron chi connectivity index (χ1n) is 6.45. The number of nitro groups is 1. The van der Waals surface area contributed by atoms with E-state index in [-0.39, 0.29) is 17.5 Å². The Hall–Kier alpha value is -2.29. The number of rotatable bonds is 6. The van der Waals surface area contributed by atoms with Crippen molar-refractivity contribution < 1.29 is 4.92 Å². The molecule has 112 valence electrons. The van der Waals surface area contributed by atoms with E-state index in [0.717, 1.165) is 11.4 Å². The largest absolute Gasteiger partial charge is 0.357 e. The van der Waals surface area contributed by atoms with Crippen LogP contribution in [0.3, 0.4) is 0 Å². The zero-order valence-electron chi connectivity index (χ0n) is 12.0. The van der Waals surface area contributed by atoms with Crippen molar-refractivity contribution in [2.75, 3.05) is 17.7 Å². The van der Waals surface area contributed by atoms with Gasteiger partial charge in [0.25, 0.3) is 0 Å². The lowest BCUT2D eigenvalue weighted by Crippen LogP contribution is -2.11. The van der Waals surface area contributed by atoms with Crippen LogP contribution in [0.1, 0.15) is 29.8 Å². The van der Waals surface area contributed by atoms with E-state index in [4.69, 9.17) is 0 Å². The van der Waals surface area contributed by atoms with Gasteiger partial charge in [-0.2, -0.15) is 4.98 Å². The molecule has 2 N–H and O–H groups in total. The van der Waals surface area contributed by atoms with Crippen LogP contribution in [0.2, 0.25) is 0 Å². The first-order valence-corrected chi connectivity index (χ1v) is 7.27. The SMILES string of the molecule is CCc1cnc(C(C)Nc2nc(NC)ncc2[N+](=O)[O-])s1. The molecule has 0 aliphatic heterocycles. The monoisotopic (exact) mass is 308 g/mol. The van der Waals surface area contributed by atoms with Crippen LogP contribution in [0.4, 0.5) is 17.5 Å². The second-order valence-corrected chi connectivity index (χ2v) is 5.47. The van der Waals surface area contributed by atoms with Crippen molar-refractivity contribution >= 4 is 28.8 Å². The van der Waals surface area contributed by atoms with Crippen LogP contribution in [0.5, 0.6) is 0 Å². The quantitative estimate of drug-likeness (QED) is 0.624. The number of hydrogen-bond acceptors (Lipinski definition) is 8. The van der Waals surface area contributed by atoms with Crippen LogP contribution in [0.15, 0.2) is 12.4 Å². The van der Waals surface area contributed by atoms with Crippen LogP contribution < -0.4 is 10.6 Å². The van der Waals surface area contributed by atoms with Gasteiger partial charge in [-0.05, 0) is 13.3 Å². The Balaban J connectivity index is 2.26. The number of hydrogen-bond donors (Lipinski definition) is 2. The molecule has 0 fully saturated rings. The van der Waals surface area contributed by atoms with Crippen molar-refractivity contribution in [2.24, 2.45) is 0 Å². The number of aromatic nitrogens is 3. The maximum atomic E-state index is 11.0. The fourth-order valence-electron chi connectivity index (χ4n) is 1.69. The van der Waals surface area contributed by atoms with Gasteiger partial charge in [0.15, 0.2) is 0 Å². The second-order valence-electron chi connectivity index (χ2n) is 4.32. The van der Waals surface area contributed by atoms with Gasteiger partial charge in [-0.25, -0.2) is 9.97 Å².